The van der Waals surface area contributed by atoms with Gasteiger partial charge >= 0.3 is 0 Å². The minimum atomic E-state index is 0.435. The van der Waals surface area contributed by atoms with Crippen LogP contribution in [-0.4, -0.2) is 17.1 Å². The zero-order valence-corrected chi connectivity index (χ0v) is 30.4. The average Bonchev–Trinajstić information content (AvgIpc) is 3.75. The van der Waals surface area contributed by atoms with Gasteiger partial charge < -0.3 is 10.2 Å². The number of rotatable bonds is 6. The first-order valence-electron chi connectivity index (χ1n) is 20.6. The Labute approximate surface area is 305 Å². The van der Waals surface area contributed by atoms with E-state index in [4.69, 9.17) is 0 Å². The van der Waals surface area contributed by atoms with Crippen molar-refractivity contribution in [3.63, 3.8) is 0 Å². The van der Waals surface area contributed by atoms with Crippen molar-refractivity contribution < 1.29 is 0 Å². The highest BCUT2D eigenvalue weighted by molar-refractivity contribution is 6.18. The fourth-order valence-electron chi connectivity index (χ4n) is 11.7. The van der Waals surface area contributed by atoms with Gasteiger partial charge in [0.25, 0.3) is 0 Å². The van der Waals surface area contributed by atoms with Gasteiger partial charge in [0.05, 0.1) is 11.9 Å². The molecule has 2 nitrogen and oxygen atoms in total. The molecule has 1 aliphatic heterocycles. The van der Waals surface area contributed by atoms with E-state index in [0.29, 0.717) is 47.7 Å². The molecule has 0 spiro atoms. The maximum absolute atomic E-state index is 4.02. The summed E-state index contributed by atoms with van der Waals surface area (Å²) in [6.45, 7) is 2.38. The van der Waals surface area contributed by atoms with E-state index in [2.05, 4.69) is 126 Å². The molecule has 1 saturated carbocycles. The molecule has 10 rings (SSSR count). The minimum absolute atomic E-state index is 0.435. The lowest BCUT2D eigenvalue weighted by Gasteiger charge is -2.46. The van der Waals surface area contributed by atoms with Crippen LogP contribution in [0.4, 0.5) is 0 Å². The minimum Gasteiger partial charge on any atom is -0.367 e. The summed E-state index contributed by atoms with van der Waals surface area (Å²) in [7, 11) is 0. The van der Waals surface area contributed by atoms with Crippen molar-refractivity contribution in [3.05, 3.63) is 143 Å². The van der Waals surface area contributed by atoms with Crippen LogP contribution in [0.1, 0.15) is 95.1 Å². The lowest BCUT2D eigenvalue weighted by Crippen LogP contribution is -2.45. The SMILES string of the molecule is CCC1NC2=C(C=C(C3C=CC=CC3)CC2)N1C1CCC(C2C=C(C3C=CCCC3)C3=C(c4cccc5cccc3c45)C2C2C=CC=CC2)CC1. The van der Waals surface area contributed by atoms with Gasteiger partial charge in [0, 0.05) is 23.6 Å². The highest BCUT2D eigenvalue weighted by Gasteiger charge is 2.46. The van der Waals surface area contributed by atoms with E-state index in [9.17, 15) is 0 Å². The zero-order chi connectivity index (χ0) is 33.9. The monoisotopic (exact) mass is 670 g/mol. The number of nitrogens with one attached hydrogen (secondary N) is 1. The lowest BCUT2D eigenvalue weighted by molar-refractivity contribution is 0.113. The van der Waals surface area contributed by atoms with Gasteiger partial charge in [-0.25, -0.2) is 0 Å². The maximum atomic E-state index is 4.02. The molecule has 6 atom stereocenters. The third-order valence-corrected chi connectivity index (χ3v) is 14.0. The summed E-state index contributed by atoms with van der Waals surface area (Å²) in [5.41, 5.74) is 12.7. The molecule has 8 aliphatic rings. The molecule has 2 heteroatoms. The van der Waals surface area contributed by atoms with E-state index in [1.165, 1.54) is 91.1 Å². The fourth-order valence-corrected chi connectivity index (χ4v) is 11.7. The van der Waals surface area contributed by atoms with Gasteiger partial charge in [-0.05, 0) is 145 Å². The second-order valence-corrected chi connectivity index (χ2v) is 16.7. The van der Waals surface area contributed by atoms with Crippen LogP contribution >= 0.6 is 0 Å². The molecule has 2 aromatic rings. The summed E-state index contributed by atoms with van der Waals surface area (Å²) in [5.74, 6) is 3.45. The number of benzene rings is 2. The van der Waals surface area contributed by atoms with Crippen LogP contribution < -0.4 is 5.32 Å². The van der Waals surface area contributed by atoms with E-state index in [-0.39, 0.29) is 0 Å². The van der Waals surface area contributed by atoms with Crippen molar-refractivity contribution in [2.24, 2.45) is 35.5 Å². The number of nitrogens with zero attached hydrogens (tertiary/aromatic N) is 1. The van der Waals surface area contributed by atoms with E-state index >= 15 is 0 Å². The normalized spacial score (nSPS) is 33.8. The molecule has 0 aromatic heterocycles. The first kappa shape index (κ1) is 31.7. The Bertz CT molecular complexity index is 1990. The third-order valence-electron chi connectivity index (χ3n) is 14.0. The van der Waals surface area contributed by atoms with E-state index in [1.807, 2.05) is 0 Å². The summed E-state index contributed by atoms with van der Waals surface area (Å²) >= 11 is 0. The smallest absolute Gasteiger partial charge is 0.0988 e. The van der Waals surface area contributed by atoms with Gasteiger partial charge in [-0.2, -0.15) is 0 Å². The van der Waals surface area contributed by atoms with Crippen molar-refractivity contribution in [1.82, 2.24) is 10.2 Å². The summed E-state index contributed by atoms with van der Waals surface area (Å²) in [6.07, 6.45) is 44.7. The van der Waals surface area contributed by atoms with Crippen molar-refractivity contribution in [1.29, 1.82) is 0 Å². The number of hydrogen-bond donors (Lipinski definition) is 1. The predicted octanol–water partition coefficient (Wildman–Crippen LogP) is 12.0. The summed E-state index contributed by atoms with van der Waals surface area (Å²) in [5, 5.41) is 6.93. The van der Waals surface area contributed by atoms with Crippen molar-refractivity contribution >= 4 is 21.9 Å². The summed E-state index contributed by atoms with van der Waals surface area (Å²) in [6, 6.07) is 14.8. The third kappa shape index (κ3) is 5.34. The Morgan fingerprint density at radius 1 is 0.784 bits per heavy atom. The van der Waals surface area contributed by atoms with Crippen LogP contribution in [0.2, 0.25) is 0 Å². The Balaban J connectivity index is 0.994. The zero-order valence-electron chi connectivity index (χ0n) is 30.4. The standard InChI is InChI=1S/C49H54N2/c1-2-45-50-43-29-26-37(32-14-6-3-7-15-32)30-44(43)51(45)38-27-24-34(25-28-38)41-31-42(33-16-8-4-9-17-33)48-39-22-12-20-35-21-13-23-40(46(35)39)49(48)47(41)36-18-10-5-11-19-36/h3,5-8,10-14,16,18,20-23,30-34,36,38,41,45,47,50H,2,4,9,15,17,19,24-29H2,1H3. The molecule has 1 heterocycles. The maximum Gasteiger partial charge on any atom is 0.0988 e. The molecule has 7 aliphatic carbocycles. The van der Waals surface area contributed by atoms with Gasteiger partial charge in [-0.3, -0.25) is 0 Å². The molecule has 51 heavy (non-hydrogen) atoms. The van der Waals surface area contributed by atoms with Gasteiger partial charge in [0.1, 0.15) is 0 Å². The summed E-state index contributed by atoms with van der Waals surface area (Å²) < 4.78 is 0. The quantitative estimate of drug-likeness (QED) is 0.308. The molecule has 0 bridgehead atoms. The molecule has 0 saturated heterocycles. The van der Waals surface area contributed by atoms with Crippen molar-refractivity contribution in [2.75, 3.05) is 0 Å². The molecular formula is C49H54N2. The predicted molar refractivity (Wildman–Crippen MR) is 214 cm³/mol. The summed E-state index contributed by atoms with van der Waals surface area (Å²) in [4.78, 5) is 2.86. The largest absolute Gasteiger partial charge is 0.367 e. The van der Waals surface area contributed by atoms with Crippen LogP contribution in [0.25, 0.3) is 21.9 Å². The van der Waals surface area contributed by atoms with Gasteiger partial charge in [0.2, 0.25) is 0 Å². The van der Waals surface area contributed by atoms with Gasteiger partial charge in [-0.15, -0.1) is 0 Å². The molecule has 6 unspecified atom stereocenters. The molecule has 1 N–H and O–H groups in total. The highest BCUT2D eigenvalue weighted by Crippen LogP contribution is 2.59. The molecule has 260 valence electrons. The average molecular weight is 671 g/mol. The fraction of sp³-hybridized carbons (Fsp3) is 0.429. The van der Waals surface area contributed by atoms with Gasteiger partial charge in [-0.1, -0.05) is 116 Å². The number of hydrogen-bond acceptors (Lipinski definition) is 2. The van der Waals surface area contributed by atoms with Crippen LogP contribution in [0, 0.1) is 35.5 Å². The second-order valence-electron chi connectivity index (χ2n) is 16.7. The topological polar surface area (TPSA) is 15.3 Å². The Morgan fingerprint density at radius 2 is 1.61 bits per heavy atom. The molecule has 2 aromatic carbocycles. The number of fused-ring (bicyclic) bond motifs is 2. The number of allylic oxidation sites excluding steroid dienone is 17. The molecule has 1 fully saturated rings. The molecule has 0 amide bonds. The van der Waals surface area contributed by atoms with Crippen molar-refractivity contribution in [3.8, 4) is 0 Å². The lowest BCUT2D eigenvalue weighted by atomic mass is 9.60. The van der Waals surface area contributed by atoms with Crippen LogP contribution in [-0.2, 0) is 0 Å². The first-order chi connectivity index (χ1) is 25.3. The second kappa shape index (κ2) is 13.2. The Morgan fingerprint density at radius 3 is 2.35 bits per heavy atom. The van der Waals surface area contributed by atoms with Crippen LogP contribution in [0.15, 0.2) is 132 Å². The van der Waals surface area contributed by atoms with Gasteiger partial charge in [0.15, 0.2) is 0 Å². The Hall–Kier alpha value is -4.04. The van der Waals surface area contributed by atoms with E-state index in [1.54, 1.807) is 22.3 Å². The van der Waals surface area contributed by atoms with Crippen LogP contribution in [0.3, 0.4) is 0 Å². The first-order valence-corrected chi connectivity index (χ1v) is 20.6. The van der Waals surface area contributed by atoms with Crippen molar-refractivity contribution in [2.45, 2.75) is 96.2 Å². The van der Waals surface area contributed by atoms with E-state index in [0.717, 1.165) is 19.3 Å². The van der Waals surface area contributed by atoms with Crippen LogP contribution in [0.5, 0.6) is 0 Å². The molecule has 0 radical (unpaired) electrons. The van der Waals surface area contributed by atoms with E-state index < -0.39 is 0 Å². The molecular weight excluding hydrogens is 617 g/mol. The Kier molecular flexibility index (Phi) is 8.19. The highest BCUT2D eigenvalue weighted by atomic mass is 15.3.